The van der Waals surface area contributed by atoms with E-state index in [-0.39, 0.29) is 5.38 Å². The summed E-state index contributed by atoms with van der Waals surface area (Å²) in [7, 11) is 0. The molecule has 20 heavy (non-hydrogen) atoms. The van der Waals surface area contributed by atoms with E-state index in [4.69, 9.17) is 11.6 Å². The summed E-state index contributed by atoms with van der Waals surface area (Å²) in [5.74, 6) is 0. The molecule has 1 unspecified atom stereocenters. The Morgan fingerprint density at radius 3 is 2.40 bits per heavy atom. The van der Waals surface area contributed by atoms with Crippen molar-refractivity contribution in [2.45, 2.75) is 59.5 Å². The number of nitrogens with zero attached hydrogens (tertiary/aromatic N) is 4. The lowest BCUT2D eigenvalue weighted by atomic mass is 10.1. The molecule has 2 aromatic rings. The molecule has 0 bridgehead atoms. The summed E-state index contributed by atoms with van der Waals surface area (Å²) in [4.78, 5) is 0. The van der Waals surface area contributed by atoms with Gasteiger partial charge in [0.25, 0.3) is 0 Å². The third-order valence-electron chi connectivity index (χ3n) is 3.72. The molecule has 110 valence electrons. The fourth-order valence-electron chi connectivity index (χ4n) is 2.68. The summed E-state index contributed by atoms with van der Waals surface area (Å²) in [6, 6.07) is 2.17. The Labute approximate surface area is 125 Å². The largest absolute Gasteiger partial charge is 0.268 e. The van der Waals surface area contributed by atoms with Gasteiger partial charge in [0.15, 0.2) is 0 Å². The highest BCUT2D eigenvalue weighted by atomic mass is 35.5. The lowest BCUT2D eigenvalue weighted by Crippen LogP contribution is -2.10. The van der Waals surface area contributed by atoms with Gasteiger partial charge < -0.3 is 0 Å². The van der Waals surface area contributed by atoms with Crippen molar-refractivity contribution in [3.63, 3.8) is 0 Å². The maximum absolute atomic E-state index is 6.24. The average molecular weight is 295 g/mol. The molecule has 2 heterocycles. The fraction of sp³-hybridized carbons (Fsp3) is 0.600. The highest BCUT2D eigenvalue weighted by molar-refractivity contribution is 6.20. The standard InChI is InChI=1S/C15H23ClN4/c1-6-13-8-14(19(7-2)18-13)9-20-12(5)15(10(3)16)11(4)17-20/h8,10H,6-7,9H2,1-5H3. The van der Waals surface area contributed by atoms with E-state index in [1.54, 1.807) is 0 Å². The second kappa shape index (κ2) is 6.00. The minimum absolute atomic E-state index is 0.00830. The van der Waals surface area contributed by atoms with Crippen LogP contribution < -0.4 is 0 Å². The Balaban J connectivity index is 2.35. The van der Waals surface area contributed by atoms with Gasteiger partial charge in [-0.05, 0) is 40.2 Å². The monoisotopic (exact) mass is 294 g/mol. The van der Waals surface area contributed by atoms with Crippen LogP contribution in [0.3, 0.4) is 0 Å². The van der Waals surface area contributed by atoms with Gasteiger partial charge in [0.2, 0.25) is 0 Å². The van der Waals surface area contributed by atoms with E-state index in [9.17, 15) is 0 Å². The molecule has 0 saturated heterocycles. The quantitative estimate of drug-likeness (QED) is 0.790. The number of alkyl halides is 1. The number of rotatable bonds is 5. The van der Waals surface area contributed by atoms with Crippen LogP contribution in [0.4, 0.5) is 0 Å². The van der Waals surface area contributed by atoms with Gasteiger partial charge in [0, 0.05) is 17.8 Å². The molecule has 0 amide bonds. The van der Waals surface area contributed by atoms with Crippen molar-refractivity contribution in [1.29, 1.82) is 0 Å². The molecule has 4 nitrogen and oxygen atoms in total. The van der Waals surface area contributed by atoms with E-state index in [1.807, 2.05) is 18.5 Å². The number of aromatic nitrogens is 4. The van der Waals surface area contributed by atoms with Crippen LogP contribution in [0, 0.1) is 13.8 Å². The molecule has 5 heteroatoms. The van der Waals surface area contributed by atoms with Crippen molar-refractivity contribution in [2.75, 3.05) is 0 Å². The first-order chi connectivity index (χ1) is 9.47. The van der Waals surface area contributed by atoms with Gasteiger partial charge in [-0.1, -0.05) is 6.92 Å². The molecular formula is C15H23ClN4. The zero-order valence-corrected chi connectivity index (χ0v) is 13.7. The molecule has 0 saturated carbocycles. The molecular weight excluding hydrogens is 272 g/mol. The van der Waals surface area contributed by atoms with Crippen molar-refractivity contribution in [2.24, 2.45) is 0 Å². The number of hydrogen-bond acceptors (Lipinski definition) is 2. The van der Waals surface area contributed by atoms with Gasteiger partial charge in [-0.3, -0.25) is 9.36 Å². The van der Waals surface area contributed by atoms with Gasteiger partial charge in [-0.15, -0.1) is 11.6 Å². The van der Waals surface area contributed by atoms with Gasteiger partial charge in [0.1, 0.15) is 0 Å². The van der Waals surface area contributed by atoms with Crippen molar-refractivity contribution >= 4 is 11.6 Å². The first-order valence-electron chi connectivity index (χ1n) is 7.21. The lowest BCUT2D eigenvalue weighted by Gasteiger charge is -2.08. The summed E-state index contributed by atoms with van der Waals surface area (Å²) in [5, 5.41) is 9.21. The molecule has 2 rings (SSSR count). The van der Waals surface area contributed by atoms with Gasteiger partial charge in [0.05, 0.1) is 29.0 Å². The number of aryl methyl sites for hydroxylation is 3. The predicted octanol–water partition coefficient (Wildman–Crippen LogP) is 3.63. The van der Waals surface area contributed by atoms with Gasteiger partial charge in [-0.25, -0.2) is 0 Å². The summed E-state index contributed by atoms with van der Waals surface area (Å²) >= 11 is 6.24. The molecule has 1 atom stereocenters. The van der Waals surface area contributed by atoms with Gasteiger partial charge >= 0.3 is 0 Å². The van der Waals surface area contributed by atoms with Crippen LogP contribution in [0.15, 0.2) is 6.07 Å². The first kappa shape index (κ1) is 15.1. The smallest absolute Gasteiger partial charge is 0.0831 e. The maximum Gasteiger partial charge on any atom is 0.0831 e. The zero-order chi connectivity index (χ0) is 14.9. The molecule has 0 aliphatic heterocycles. The van der Waals surface area contributed by atoms with E-state index in [0.29, 0.717) is 0 Å². The third kappa shape index (κ3) is 2.75. The summed E-state index contributed by atoms with van der Waals surface area (Å²) < 4.78 is 4.09. The number of hydrogen-bond donors (Lipinski definition) is 0. The molecule has 0 aliphatic carbocycles. The minimum atomic E-state index is -0.00830. The Bertz CT molecular complexity index is 595. The summed E-state index contributed by atoms with van der Waals surface area (Å²) in [5.41, 5.74) is 5.64. The van der Waals surface area contributed by atoms with E-state index < -0.39 is 0 Å². The topological polar surface area (TPSA) is 35.6 Å². The highest BCUT2D eigenvalue weighted by Gasteiger charge is 2.17. The fourth-order valence-corrected chi connectivity index (χ4v) is 3.00. The number of halogens is 1. The Hall–Kier alpha value is -1.29. The highest BCUT2D eigenvalue weighted by Crippen LogP contribution is 2.26. The maximum atomic E-state index is 6.24. The molecule has 0 fully saturated rings. The van der Waals surface area contributed by atoms with Crippen molar-refractivity contribution in [1.82, 2.24) is 19.6 Å². The second-order valence-corrected chi connectivity index (χ2v) is 5.81. The average Bonchev–Trinajstić information content (AvgIpc) is 2.91. The van der Waals surface area contributed by atoms with Crippen LogP contribution in [-0.4, -0.2) is 19.6 Å². The molecule has 0 radical (unpaired) electrons. The molecule has 0 aliphatic rings. The molecule has 0 spiro atoms. The van der Waals surface area contributed by atoms with Crippen LogP contribution in [0.2, 0.25) is 0 Å². The van der Waals surface area contributed by atoms with Crippen LogP contribution in [0.5, 0.6) is 0 Å². The Kier molecular flexibility index (Phi) is 4.53. The Morgan fingerprint density at radius 1 is 1.20 bits per heavy atom. The van der Waals surface area contributed by atoms with Crippen molar-refractivity contribution < 1.29 is 0 Å². The van der Waals surface area contributed by atoms with Crippen LogP contribution >= 0.6 is 11.6 Å². The van der Waals surface area contributed by atoms with Gasteiger partial charge in [-0.2, -0.15) is 10.2 Å². The van der Waals surface area contributed by atoms with Crippen LogP contribution in [0.1, 0.15) is 54.5 Å². The molecule has 0 aromatic carbocycles. The summed E-state index contributed by atoms with van der Waals surface area (Å²) in [6.45, 7) is 12.0. The van der Waals surface area contributed by atoms with Crippen molar-refractivity contribution in [3.8, 4) is 0 Å². The third-order valence-corrected chi connectivity index (χ3v) is 3.94. The van der Waals surface area contributed by atoms with E-state index in [2.05, 4.69) is 41.7 Å². The Morgan fingerprint density at radius 2 is 1.90 bits per heavy atom. The lowest BCUT2D eigenvalue weighted by molar-refractivity contribution is 0.565. The zero-order valence-electron chi connectivity index (χ0n) is 12.9. The van der Waals surface area contributed by atoms with Crippen LogP contribution in [-0.2, 0) is 19.5 Å². The predicted molar refractivity (Wildman–Crippen MR) is 82.4 cm³/mol. The first-order valence-corrected chi connectivity index (χ1v) is 7.65. The second-order valence-electron chi connectivity index (χ2n) is 5.15. The molecule has 0 N–H and O–H groups in total. The van der Waals surface area contributed by atoms with E-state index >= 15 is 0 Å². The van der Waals surface area contributed by atoms with Crippen molar-refractivity contribution in [3.05, 3.63) is 34.4 Å². The van der Waals surface area contributed by atoms with E-state index in [1.165, 1.54) is 5.69 Å². The normalized spacial score (nSPS) is 12.9. The summed E-state index contributed by atoms with van der Waals surface area (Å²) in [6.07, 6.45) is 0.959. The van der Waals surface area contributed by atoms with E-state index in [0.717, 1.165) is 42.2 Å². The minimum Gasteiger partial charge on any atom is -0.268 e. The molecule has 2 aromatic heterocycles. The van der Waals surface area contributed by atoms with Crippen LogP contribution in [0.25, 0.3) is 0 Å². The SMILES string of the molecule is CCc1cc(Cn2nc(C)c(C(C)Cl)c2C)n(CC)n1.